The fraction of sp³-hybridized carbons (Fsp3) is 0.643. The van der Waals surface area contributed by atoms with Crippen molar-refractivity contribution < 1.29 is 4.79 Å². The molecule has 3 nitrogen and oxygen atoms in total. The van der Waals surface area contributed by atoms with Gasteiger partial charge >= 0.3 is 0 Å². The molecule has 0 unspecified atom stereocenters. The summed E-state index contributed by atoms with van der Waals surface area (Å²) in [4.78, 5) is 13.8. The first-order chi connectivity index (χ1) is 8.33. The fourth-order valence-electron chi connectivity index (χ4n) is 1.99. The number of amides is 1. The van der Waals surface area contributed by atoms with Crippen LogP contribution < -0.4 is 5.32 Å². The Hall–Kier alpha value is -1.09. The van der Waals surface area contributed by atoms with Crippen LogP contribution in [0.3, 0.4) is 0 Å². The van der Waals surface area contributed by atoms with E-state index in [9.17, 15) is 4.79 Å². The molecular formula is C14H24N2O. The van der Waals surface area contributed by atoms with Crippen LogP contribution in [0, 0.1) is 0 Å². The molecule has 1 amide bonds. The van der Waals surface area contributed by atoms with Crippen molar-refractivity contribution in [2.45, 2.75) is 32.6 Å². The molecule has 0 bridgehead atoms. The molecule has 0 aliphatic carbocycles. The van der Waals surface area contributed by atoms with Crippen LogP contribution in [0.4, 0.5) is 0 Å². The van der Waals surface area contributed by atoms with Crippen LogP contribution in [0.1, 0.15) is 32.6 Å². The van der Waals surface area contributed by atoms with Gasteiger partial charge in [0.2, 0.25) is 5.91 Å². The van der Waals surface area contributed by atoms with Crippen molar-refractivity contribution in [3.05, 3.63) is 24.3 Å². The SMILES string of the molecule is C/C=C/C=C/C(=O)NCCCCN1CCCC1. The maximum Gasteiger partial charge on any atom is 0.243 e. The lowest BCUT2D eigenvalue weighted by atomic mass is 10.3. The minimum absolute atomic E-state index is 0.00396. The van der Waals surface area contributed by atoms with Crippen LogP contribution in [-0.4, -0.2) is 37.0 Å². The summed E-state index contributed by atoms with van der Waals surface area (Å²) in [5.41, 5.74) is 0. The Morgan fingerprint density at radius 2 is 2.00 bits per heavy atom. The fourth-order valence-corrected chi connectivity index (χ4v) is 1.99. The van der Waals surface area contributed by atoms with Gasteiger partial charge in [-0.2, -0.15) is 0 Å². The zero-order chi connectivity index (χ0) is 12.3. The molecule has 0 atom stereocenters. The third-order valence-corrected chi connectivity index (χ3v) is 2.95. The molecule has 1 rings (SSSR count). The molecule has 1 saturated heterocycles. The van der Waals surface area contributed by atoms with Crippen molar-refractivity contribution in [3.8, 4) is 0 Å². The van der Waals surface area contributed by atoms with Crippen LogP contribution in [-0.2, 0) is 4.79 Å². The van der Waals surface area contributed by atoms with Crippen molar-refractivity contribution in [3.63, 3.8) is 0 Å². The highest BCUT2D eigenvalue weighted by Crippen LogP contribution is 2.07. The number of unbranched alkanes of at least 4 members (excludes halogenated alkanes) is 1. The standard InChI is InChI=1S/C14H24N2O/c1-2-3-4-9-14(17)15-10-5-6-11-16-12-7-8-13-16/h2-4,9H,5-8,10-13H2,1H3,(H,15,17)/b3-2+,9-4+. The summed E-state index contributed by atoms with van der Waals surface area (Å²) in [6, 6.07) is 0. The van der Waals surface area contributed by atoms with E-state index in [0.29, 0.717) is 0 Å². The molecular weight excluding hydrogens is 212 g/mol. The van der Waals surface area contributed by atoms with Crippen LogP contribution in [0.2, 0.25) is 0 Å². The minimum Gasteiger partial charge on any atom is -0.353 e. The number of hydrogen-bond acceptors (Lipinski definition) is 2. The summed E-state index contributed by atoms with van der Waals surface area (Å²) >= 11 is 0. The van der Waals surface area contributed by atoms with Crippen molar-refractivity contribution in [2.75, 3.05) is 26.2 Å². The zero-order valence-corrected chi connectivity index (χ0v) is 10.8. The van der Waals surface area contributed by atoms with E-state index in [4.69, 9.17) is 0 Å². The number of rotatable bonds is 7. The maximum absolute atomic E-state index is 11.3. The maximum atomic E-state index is 11.3. The largest absolute Gasteiger partial charge is 0.353 e. The van der Waals surface area contributed by atoms with E-state index in [2.05, 4.69) is 10.2 Å². The first-order valence-electron chi connectivity index (χ1n) is 6.62. The molecule has 1 fully saturated rings. The normalized spacial score (nSPS) is 17.2. The lowest BCUT2D eigenvalue weighted by Crippen LogP contribution is -2.24. The Balaban J connectivity index is 1.94. The molecule has 1 aliphatic heterocycles. The van der Waals surface area contributed by atoms with E-state index in [1.807, 2.05) is 19.1 Å². The van der Waals surface area contributed by atoms with Crippen molar-refractivity contribution in [1.29, 1.82) is 0 Å². The third kappa shape index (κ3) is 6.95. The lowest BCUT2D eigenvalue weighted by molar-refractivity contribution is -0.116. The van der Waals surface area contributed by atoms with E-state index in [-0.39, 0.29) is 5.91 Å². The lowest BCUT2D eigenvalue weighted by Gasteiger charge is -2.13. The monoisotopic (exact) mass is 236 g/mol. The van der Waals surface area contributed by atoms with E-state index in [1.54, 1.807) is 12.2 Å². The van der Waals surface area contributed by atoms with Crippen LogP contribution >= 0.6 is 0 Å². The van der Waals surface area contributed by atoms with Gasteiger partial charge in [0.25, 0.3) is 0 Å². The smallest absolute Gasteiger partial charge is 0.243 e. The Labute approximate surface area is 105 Å². The van der Waals surface area contributed by atoms with E-state index in [1.165, 1.54) is 38.9 Å². The molecule has 3 heteroatoms. The molecule has 0 saturated carbocycles. The van der Waals surface area contributed by atoms with Gasteiger partial charge in [0.1, 0.15) is 0 Å². The highest BCUT2D eigenvalue weighted by atomic mass is 16.1. The number of carbonyl (C=O) groups is 1. The van der Waals surface area contributed by atoms with Crippen LogP contribution in [0.5, 0.6) is 0 Å². The van der Waals surface area contributed by atoms with Crippen molar-refractivity contribution >= 4 is 5.91 Å². The molecule has 1 N–H and O–H groups in total. The Morgan fingerprint density at radius 3 is 2.71 bits per heavy atom. The molecule has 0 aromatic rings. The number of likely N-dealkylation sites (tertiary alicyclic amines) is 1. The number of allylic oxidation sites excluding steroid dienone is 3. The molecule has 17 heavy (non-hydrogen) atoms. The Morgan fingerprint density at radius 1 is 1.24 bits per heavy atom. The summed E-state index contributed by atoms with van der Waals surface area (Å²) in [7, 11) is 0. The van der Waals surface area contributed by atoms with Gasteiger partial charge in [0.15, 0.2) is 0 Å². The van der Waals surface area contributed by atoms with Gasteiger partial charge in [-0.1, -0.05) is 18.2 Å². The van der Waals surface area contributed by atoms with Gasteiger partial charge in [-0.05, 0) is 52.2 Å². The quantitative estimate of drug-likeness (QED) is 0.417. The number of nitrogens with zero attached hydrogens (tertiary/aromatic N) is 1. The molecule has 0 aromatic heterocycles. The summed E-state index contributed by atoms with van der Waals surface area (Å²) in [6.07, 6.45) is 12.0. The average molecular weight is 236 g/mol. The zero-order valence-electron chi connectivity index (χ0n) is 10.8. The van der Waals surface area contributed by atoms with Crippen LogP contribution in [0.15, 0.2) is 24.3 Å². The topological polar surface area (TPSA) is 32.3 Å². The van der Waals surface area contributed by atoms with Gasteiger partial charge < -0.3 is 10.2 Å². The number of carbonyl (C=O) groups excluding carboxylic acids is 1. The van der Waals surface area contributed by atoms with E-state index in [0.717, 1.165) is 13.0 Å². The minimum atomic E-state index is 0.00396. The Kier molecular flexibility index (Phi) is 7.39. The molecule has 0 aromatic carbocycles. The summed E-state index contributed by atoms with van der Waals surface area (Å²) < 4.78 is 0. The average Bonchev–Trinajstić information content (AvgIpc) is 2.82. The number of nitrogens with one attached hydrogen (secondary N) is 1. The summed E-state index contributed by atoms with van der Waals surface area (Å²) in [5.74, 6) is 0.00396. The predicted octanol–water partition coefficient (Wildman–Crippen LogP) is 2.11. The van der Waals surface area contributed by atoms with Gasteiger partial charge in [-0.15, -0.1) is 0 Å². The van der Waals surface area contributed by atoms with Gasteiger partial charge in [0, 0.05) is 12.6 Å². The molecule has 1 heterocycles. The molecule has 0 spiro atoms. The second kappa shape index (κ2) is 8.99. The molecule has 96 valence electrons. The second-order valence-corrected chi connectivity index (χ2v) is 4.43. The van der Waals surface area contributed by atoms with Crippen molar-refractivity contribution in [1.82, 2.24) is 10.2 Å². The highest BCUT2D eigenvalue weighted by Gasteiger charge is 2.09. The third-order valence-electron chi connectivity index (χ3n) is 2.95. The second-order valence-electron chi connectivity index (χ2n) is 4.43. The van der Waals surface area contributed by atoms with E-state index < -0.39 is 0 Å². The van der Waals surface area contributed by atoms with Crippen LogP contribution in [0.25, 0.3) is 0 Å². The molecule has 1 aliphatic rings. The predicted molar refractivity (Wildman–Crippen MR) is 71.9 cm³/mol. The summed E-state index contributed by atoms with van der Waals surface area (Å²) in [6.45, 7) is 6.43. The van der Waals surface area contributed by atoms with Gasteiger partial charge in [0.05, 0.1) is 0 Å². The highest BCUT2D eigenvalue weighted by molar-refractivity contribution is 5.87. The van der Waals surface area contributed by atoms with Crippen molar-refractivity contribution in [2.24, 2.45) is 0 Å². The molecule has 0 radical (unpaired) electrons. The van der Waals surface area contributed by atoms with Gasteiger partial charge in [-0.3, -0.25) is 4.79 Å². The van der Waals surface area contributed by atoms with Gasteiger partial charge in [-0.25, -0.2) is 0 Å². The number of hydrogen-bond donors (Lipinski definition) is 1. The first-order valence-corrected chi connectivity index (χ1v) is 6.62. The Bertz CT molecular complexity index is 265. The van der Waals surface area contributed by atoms with E-state index >= 15 is 0 Å². The summed E-state index contributed by atoms with van der Waals surface area (Å²) in [5, 5.41) is 2.89. The first kappa shape index (κ1) is 14.0.